The number of rotatable bonds is 4. The van der Waals surface area contributed by atoms with E-state index in [0.717, 1.165) is 24.5 Å². The van der Waals surface area contributed by atoms with Crippen LogP contribution in [0.3, 0.4) is 0 Å². The molecule has 1 amide bonds. The van der Waals surface area contributed by atoms with Crippen LogP contribution in [0.4, 0.5) is 13.2 Å². The van der Waals surface area contributed by atoms with Crippen LogP contribution in [0.1, 0.15) is 49.0 Å². The van der Waals surface area contributed by atoms with E-state index in [9.17, 15) is 18.0 Å². The highest BCUT2D eigenvalue weighted by atomic mass is 19.1. The lowest BCUT2D eigenvalue weighted by atomic mass is 9.86. The summed E-state index contributed by atoms with van der Waals surface area (Å²) in [6.07, 6.45) is 8.41. The number of benzene rings is 2. The first-order valence-electron chi connectivity index (χ1n) is 9.98. The summed E-state index contributed by atoms with van der Waals surface area (Å²) in [5.41, 5.74) is 2.19. The van der Waals surface area contributed by atoms with Gasteiger partial charge in [0, 0.05) is 23.2 Å². The molecule has 6 heteroatoms. The van der Waals surface area contributed by atoms with E-state index in [4.69, 9.17) is 6.42 Å². The number of halogens is 3. The lowest BCUT2D eigenvalue weighted by Gasteiger charge is -2.41. The monoisotopic (exact) mass is 410 g/mol. The van der Waals surface area contributed by atoms with Crippen molar-refractivity contribution in [2.24, 2.45) is 0 Å². The smallest absolute Gasteiger partial charge is 0.299 e. The molecule has 0 bridgehead atoms. The number of aromatic nitrogens is 1. The predicted octanol–water partition coefficient (Wildman–Crippen LogP) is 5.25. The molecule has 0 aliphatic carbocycles. The van der Waals surface area contributed by atoms with E-state index in [-0.39, 0.29) is 11.6 Å². The van der Waals surface area contributed by atoms with Crippen LogP contribution in [-0.4, -0.2) is 21.8 Å². The van der Waals surface area contributed by atoms with Gasteiger partial charge in [-0.2, -0.15) is 0 Å². The van der Waals surface area contributed by atoms with Gasteiger partial charge in [-0.1, -0.05) is 31.9 Å². The van der Waals surface area contributed by atoms with E-state index < -0.39 is 29.4 Å². The molecule has 1 N–H and O–H groups in total. The maximum atomic E-state index is 14.5. The Morgan fingerprint density at radius 3 is 2.60 bits per heavy atom. The number of nitrogens with one attached hydrogen (secondary N) is 1. The summed E-state index contributed by atoms with van der Waals surface area (Å²) in [7, 11) is 0. The van der Waals surface area contributed by atoms with Crippen molar-refractivity contribution in [1.29, 1.82) is 0 Å². The van der Waals surface area contributed by atoms with Crippen LogP contribution in [0.5, 0.6) is 0 Å². The fourth-order valence-electron chi connectivity index (χ4n) is 4.44. The van der Waals surface area contributed by atoms with Crippen molar-refractivity contribution < 1.29 is 18.0 Å². The number of nitrogens with zero attached hydrogens (tertiary/aromatic N) is 1. The number of fused-ring (bicyclic) bond motifs is 3. The summed E-state index contributed by atoms with van der Waals surface area (Å²) in [6.45, 7) is 2.05. The number of terminal acetylenes is 1. The zero-order valence-corrected chi connectivity index (χ0v) is 16.5. The highest BCUT2D eigenvalue weighted by Gasteiger charge is 2.40. The van der Waals surface area contributed by atoms with Crippen molar-refractivity contribution in [2.45, 2.75) is 44.7 Å². The van der Waals surface area contributed by atoms with Gasteiger partial charge in [0.25, 0.3) is 5.91 Å². The fraction of sp³-hybridized carbons (Fsp3) is 0.292. The third-order valence-corrected chi connectivity index (χ3v) is 5.78. The minimum Gasteiger partial charge on any atom is -0.354 e. The number of amides is 1. The predicted molar refractivity (Wildman–Crippen MR) is 109 cm³/mol. The van der Waals surface area contributed by atoms with Crippen LogP contribution in [0.2, 0.25) is 0 Å². The van der Waals surface area contributed by atoms with Gasteiger partial charge < -0.3 is 9.88 Å². The number of H-pyrrole nitrogens is 1. The Morgan fingerprint density at radius 1 is 1.20 bits per heavy atom. The molecule has 2 aromatic carbocycles. The molecule has 2 heterocycles. The minimum atomic E-state index is -0.697. The number of aromatic amines is 1. The summed E-state index contributed by atoms with van der Waals surface area (Å²) >= 11 is 0. The number of hydrogen-bond donors (Lipinski definition) is 1. The number of carbonyl (C=O) groups excluding carboxylic acids is 1. The van der Waals surface area contributed by atoms with Gasteiger partial charge in [-0.25, -0.2) is 13.2 Å². The summed E-state index contributed by atoms with van der Waals surface area (Å²) in [4.78, 5) is 17.5. The topological polar surface area (TPSA) is 36.1 Å². The summed E-state index contributed by atoms with van der Waals surface area (Å²) in [5.74, 6) is -0.0451. The molecule has 2 atom stereocenters. The first-order valence-corrected chi connectivity index (χ1v) is 9.98. The number of carbonyl (C=O) groups is 1. The van der Waals surface area contributed by atoms with Crippen LogP contribution in [0.15, 0.2) is 36.4 Å². The lowest BCUT2D eigenvalue weighted by Crippen LogP contribution is -2.47. The molecule has 30 heavy (non-hydrogen) atoms. The quantitative estimate of drug-likeness (QED) is 0.586. The van der Waals surface area contributed by atoms with Gasteiger partial charge in [0.15, 0.2) is 0 Å². The number of unbranched alkanes of at least 4 members (excludes halogenated alkanes) is 1. The van der Waals surface area contributed by atoms with E-state index in [2.05, 4.69) is 17.8 Å². The van der Waals surface area contributed by atoms with Crippen molar-refractivity contribution in [3.05, 3.63) is 70.7 Å². The van der Waals surface area contributed by atoms with Gasteiger partial charge in [0.05, 0.1) is 11.6 Å². The third kappa shape index (κ3) is 3.35. The molecule has 0 radical (unpaired) electrons. The first kappa shape index (κ1) is 20.1. The van der Waals surface area contributed by atoms with Gasteiger partial charge >= 0.3 is 0 Å². The van der Waals surface area contributed by atoms with Gasteiger partial charge in [0.2, 0.25) is 0 Å². The highest BCUT2D eigenvalue weighted by Crippen LogP contribution is 2.42. The highest BCUT2D eigenvalue weighted by molar-refractivity contribution is 5.95. The van der Waals surface area contributed by atoms with E-state index in [1.54, 1.807) is 17.0 Å². The molecule has 3 nitrogen and oxygen atoms in total. The molecule has 1 aliphatic rings. The van der Waals surface area contributed by atoms with Crippen molar-refractivity contribution in [1.82, 2.24) is 9.88 Å². The number of hydrogen-bond acceptors (Lipinski definition) is 1. The Morgan fingerprint density at radius 2 is 1.93 bits per heavy atom. The van der Waals surface area contributed by atoms with Crippen molar-refractivity contribution >= 4 is 16.8 Å². The molecule has 3 aromatic rings. The molecule has 0 saturated carbocycles. The van der Waals surface area contributed by atoms with Crippen molar-refractivity contribution in [2.75, 3.05) is 0 Å². The average molecular weight is 410 g/mol. The van der Waals surface area contributed by atoms with Crippen molar-refractivity contribution in [3.63, 3.8) is 0 Å². The van der Waals surface area contributed by atoms with Crippen LogP contribution >= 0.6 is 0 Å². The molecule has 0 unspecified atom stereocenters. The Hall–Kier alpha value is -3.20. The first-order chi connectivity index (χ1) is 14.4. The summed E-state index contributed by atoms with van der Waals surface area (Å²) in [6, 6.07) is 7.06. The van der Waals surface area contributed by atoms with Crippen LogP contribution in [0, 0.1) is 29.8 Å². The SMILES string of the molecule is C#CC(=O)N1[C@@H](CCCC)Cc2c([nH]c3c(F)cc(F)cc23)[C@@H]1c1ccc(F)cc1. The molecule has 1 aromatic heterocycles. The van der Waals surface area contributed by atoms with Gasteiger partial charge in [-0.15, -0.1) is 6.42 Å². The third-order valence-electron chi connectivity index (χ3n) is 5.78. The summed E-state index contributed by atoms with van der Waals surface area (Å²) in [5, 5.41) is 0.462. The maximum Gasteiger partial charge on any atom is 0.299 e. The molecular weight excluding hydrogens is 389 g/mol. The largest absolute Gasteiger partial charge is 0.354 e. The van der Waals surface area contributed by atoms with E-state index in [1.165, 1.54) is 18.2 Å². The summed E-state index contributed by atoms with van der Waals surface area (Å²) < 4.78 is 42.1. The second-order valence-corrected chi connectivity index (χ2v) is 7.64. The van der Waals surface area contributed by atoms with Gasteiger partial charge in [-0.05, 0) is 48.1 Å². The molecule has 4 rings (SSSR count). The van der Waals surface area contributed by atoms with E-state index in [1.807, 2.05) is 0 Å². The van der Waals surface area contributed by atoms with Crippen LogP contribution in [0.25, 0.3) is 10.9 Å². The van der Waals surface area contributed by atoms with Crippen LogP contribution < -0.4 is 0 Å². The standard InChI is InChI=1S/C24H21F3N2O/c1-3-5-6-17-13-19-18-11-16(26)12-20(27)22(18)28-23(19)24(29(17)21(30)4-2)14-7-9-15(25)10-8-14/h2,7-12,17,24,28H,3,5-6,13H2,1H3/t17-,24-/m0/s1. The van der Waals surface area contributed by atoms with Crippen LogP contribution in [-0.2, 0) is 11.2 Å². The van der Waals surface area contributed by atoms with Crippen molar-refractivity contribution in [3.8, 4) is 12.3 Å². The Kier molecular flexibility index (Phi) is 5.29. The molecule has 0 saturated heterocycles. The Balaban J connectivity index is 1.97. The maximum absolute atomic E-state index is 14.5. The molecule has 0 fully saturated rings. The van der Waals surface area contributed by atoms with E-state index >= 15 is 0 Å². The zero-order valence-electron chi connectivity index (χ0n) is 16.5. The molecule has 1 aliphatic heterocycles. The van der Waals surface area contributed by atoms with E-state index in [0.29, 0.717) is 29.5 Å². The Bertz CT molecular complexity index is 1140. The molecular formula is C24H21F3N2O. The van der Waals surface area contributed by atoms with Gasteiger partial charge in [-0.3, -0.25) is 4.79 Å². The second-order valence-electron chi connectivity index (χ2n) is 7.64. The minimum absolute atomic E-state index is 0.192. The Labute approximate surface area is 172 Å². The lowest BCUT2D eigenvalue weighted by molar-refractivity contribution is -0.130. The fourth-order valence-corrected chi connectivity index (χ4v) is 4.44. The zero-order chi connectivity index (χ0) is 21.4. The molecule has 0 spiro atoms. The molecule has 154 valence electrons. The van der Waals surface area contributed by atoms with Gasteiger partial charge in [0.1, 0.15) is 17.5 Å². The normalized spacial score (nSPS) is 18.3. The average Bonchev–Trinajstić information content (AvgIpc) is 3.10. The second kappa shape index (κ2) is 7.91.